The maximum Gasteiger partial charge on any atom is 0.239 e. The first-order valence-electron chi connectivity index (χ1n) is 8.17. The predicted molar refractivity (Wildman–Crippen MR) is 91.7 cm³/mol. The molecule has 1 fully saturated rings. The van der Waals surface area contributed by atoms with E-state index in [0.29, 0.717) is 0 Å². The van der Waals surface area contributed by atoms with Crippen LogP contribution in [0.4, 0.5) is 0 Å². The molecule has 1 aliphatic heterocycles. The van der Waals surface area contributed by atoms with E-state index < -0.39 is 5.60 Å². The van der Waals surface area contributed by atoms with Crippen LogP contribution in [-0.2, 0) is 11.3 Å². The van der Waals surface area contributed by atoms with Crippen molar-refractivity contribution < 1.29 is 9.90 Å². The van der Waals surface area contributed by atoms with Gasteiger partial charge in [-0.25, -0.2) is 0 Å². The highest BCUT2D eigenvalue weighted by Gasteiger charge is 2.30. The van der Waals surface area contributed by atoms with Crippen molar-refractivity contribution in [2.24, 2.45) is 0 Å². The zero-order chi connectivity index (χ0) is 17.0. The molecule has 1 N–H and O–H groups in total. The van der Waals surface area contributed by atoms with Crippen molar-refractivity contribution >= 4 is 5.91 Å². The van der Waals surface area contributed by atoms with Crippen molar-refractivity contribution in [3.8, 4) is 11.8 Å². The molecule has 1 atom stereocenters. The van der Waals surface area contributed by atoms with Crippen LogP contribution < -0.4 is 0 Å². The van der Waals surface area contributed by atoms with E-state index in [1.54, 1.807) is 13.8 Å². The monoisotopic (exact) mass is 314 g/mol. The SMILES string of the molecule is CCN1CCN(Cc2ccc(C#CC(C)(C)O)cc2)[C@@H](C)C1=O. The summed E-state index contributed by atoms with van der Waals surface area (Å²) in [6.45, 7) is 10.6. The first-order valence-corrected chi connectivity index (χ1v) is 8.17. The maximum atomic E-state index is 12.2. The number of hydrogen-bond acceptors (Lipinski definition) is 3. The molecule has 0 spiro atoms. The summed E-state index contributed by atoms with van der Waals surface area (Å²) < 4.78 is 0. The molecule has 0 bridgehead atoms. The fourth-order valence-electron chi connectivity index (χ4n) is 2.66. The average molecular weight is 314 g/mol. The minimum absolute atomic E-state index is 0.0710. The lowest BCUT2D eigenvalue weighted by Gasteiger charge is -2.38. The number of carbonyl (C=O) groups excluding carboxylic acids is 1. The lowest BCUT2D eigenvalue weighted by Crippen LogP contribution is -2.55. The molecule has 1 aromatic rings. The van der Waals surface area contributed by atoms with E-state index in [9.17, 15) is 9.90 Å². The Bertz CT molecular complexity index is 605. The number of rotatable bonds is 3. The van der Waals surface area contributed by atoms with Crippen LogP contribution in [0, 0.1) is 11.8 Å². The van der Waals surface area contributed by atoms with Gasteiger partial charge >= 0.3 is 0 Å². The summed E-state index contributed by atoms with van der Waals surface area (Å²) in [5.41, 5.74) is 1.08. The summed E-state index contributed by atoms with van der Waals surface area (Å²) in [4.78, 5) is 16.4. The van der Waals surface area contributed by atoms with Gasteiger partial charge in [-0.3, -0.25) is 9.69 Å². The normalized spacial score (nSPS) is 19.4. The Morgan fingerprint density at radius 3 is 2.48 bits per heavy atom. The van der Waals surface area contributed by atoms with Crippen LogP contribution >= 0.6 is 0 Å². The van der Waals surface area contributed by atoms with Gasteiger partial charge in [0.25, 0.3) is 0 Å². The first kappa shape index (κ1) is 17.5. The highest BCUT2D eigenvalue weighted by atomic mass is 16.3. The van der Waals surface area contributed by atoms with Crippen molar-refractivity contribution in [1.82, 2.24) is 9.80 Å². The summed E-state index contributed by atoms with van der Waals surface area (Å²) in [5.74, 6) is 5.99. The van der Waals surface area contributed by atoms with E-state index in [1.165, 1.54) is 5.56 Å². The van der Waals surface area contributed by atoms with Crippen LogP contribution in [0.5, 0.6) is 0 Å². The Hall–Kier alpha value is -1.83. The fraction of sp³-hybridized carbons (Fsp3) is 0.526. The number of benzene rings is 1. The molecule has 1 amide bonds. The average Bonchev–Trinajstić information content (AvgIpc) is 2.51. The third-order valence-corrected chi connectivity index (χ3v) is 4.11. The predicted octanol–water partition coefficient (Wildman–Crippen LogP) is 1.86. The summed E-state index contributed by atoms with van der Waals surface area (Å²) in [6, 6.07) is 7.93. The minimum Gasteiger partial charge on any atom is -0.378 e. The van der Waals surface area contributed by atoms with Gasteiger partial charge in [0.15, 0.2) is 0 Å². The van der Waals surface area contributed by atoms with Crippen molar-refractivity contribution in [2.75, 3.05) is 19.6 Å². The van der Waals surface area contributed by atoms with Gasteiger partial charge < -0.3 is 10.0 Å². The van der Waals surface area contributed by atoms with E-state index in [1.807, 2.05) is 43.0 Å². The van der Waals surface area contributed by atoms with Gasteiger partial charge in [-0.1, -0.05) is 24.0 Å². The first-order chi connectivity index (χ1) is 10.8. The van der Waals surface area contributed by atoms with Gasteiger partial charge in [0.2, 0.25) is 5.91 Å². The lowest BCUT2D eigenvalue weighted by molar-refractivity contribution is -0.141. The van der Waals surface area contributed by atoms with Crippen LogP contribution in [-0.4, -0.2) is 52.1 Å². The van der Waals surface area contributed by atoms with Crippen molar-refractivity contribution in [1.29, 1.82) is 0 Å². The zero-order valence-electron chi connectivity index (χ0n) is 14.5. The number of piperazine rings is 1. The molecule has 124 valence electrons. The highest BCUT2D eigenvalue weighted by molar-refractivity contribution is 5.82. The summed E-state index contributed by atoms with van der Waals surface area (Å²) in [6.07, 6.45) is 0. The third kappa shape index (κ3) is 4.82. The minimum atomic E-state index is -0.979. The number of aliphatic hydroxyl groups is 1. The Morgan fingerprint density at radius 2 is 1.91 bits per heavy atom. The quantitative estimate of drug-likeness (QED) is 0.866. The number of likely N-dealkylation sites (N-methyl/N-ethyl adjacent to an activating group) is 1. The summed E-state index contributed by atoms with van der Waals surface area (Å²) in [7, 11) is 0. The lowest BCUT2D eigenvalue weighted by atomic mass is 10.1. The van der Waals surface area contributed by atoms with Gasteiger partial charge in [-0.05, 0) is 45.4 Å². The van der Waals surface area contributed by atoms with Crippen LogP contribution in [0.3, 0.4) is 0 Å². The highest BCUT2D eigenvalue weighted by Crippen LogP contribution is 2.15. The molecule has 0 aliphatic carbocycles. The standard InChI is InChI=1S/C19H26N2O2/c1-5-20-12-13-21(15(2)18(20)22)14-17-8-6-16(7-9-17)10-11-19(3,4)23/h6-9,15,23H,5,12-14H2,1-4H3/t15-/m0/s1. The van der Waals surface area contributed by atoms with Crippen LogP contribution in [0.2, 0.25) is 0 Å². The second kappa shape index (κ2) is 7.16. The van der Waals surface area contributed by atoms with Gasteiger partial charge in [0.05, 0.1) is 6.04 Å². The number of amides is 1. The number of carbonyl (C=O) groups is 1. The summed E-state index contributed by atoms with van der Waals surface area (Å²) in [5, 5.41) is 9.63. The van der Waals surface area contributed by atoms with Crippen LogP contribution in [0.25, 0.3) is 0 Å². The molecule has 0 saturated carbocycles. The molecule has 23 heavy (non-hydrogen) atoms. The second-order valence-corrected chi connectivity index (χ2v) is 6.57. The van der Waals surface area contributed by atoms with Crippen molar-refractivity contribution in [3.63, 3.8) is 0 Å². The molecule has 1 saturated heterocycles. The van der Waals surface area contributed by atoms with Gasteiger partial charge in [0, 0.05) is 31.7 Å². The Balaban J connectivity index is 2.01. The molecule has 1 aliphatic rings. The molecule has 0 radical (unpaired) electrons. The molecule has 4 nitrogen and oxygen atoms in total. The van der Waals surface area contributed by atoms with Crippen LogP contribution in [0.1, 0.15) is 38.8 Å². The zero-order valence-corrected chi connectivity index (χ0v) is 14.5. The molecule has 1 aromatic carbocycles. The molecular weight excluding hydrogens is 288 g/mol. The molecule has 4 heteroatoms. The Kier molecular flexibility index (Phi) is 5.46. The van der Waals surface area contributed by atoms with E-state index in [4.69, 9.17) is 0 Å². The smallest absolute Gasteiger partial charge is 0.239 e. The second-order valence-electron chi connectivity index (χ2n) is 6.57. The van der Waals surface area contributed by atoms with Gasteiger partial charge in [0.1, 0.15) is 5.60 Å². The number of hydrogen-bond donors (Lipinski definition) is 1. The summed E-state index contributed by atoms with van der Waals surface area (Å²) >= 11 is 0. The molecular formula is C19H26N2O2. The molecule has 1 heterocycles. The topological polar surface area (TPSA) is 43.8 Å². The third-order valence-electron chi connectivity index (χ3n) is 4.11. The molecule has 2 rings (SSSR count). The molecule has 0 aromatic heterocycles. The Labute approximate surface area is 139 Å². The van der Waals surface area contributed by atoms with Crippen molar-refractivity contribution in [2.45, 2.75) is 45.9 Å². The van der Waals surface area contributed by atoms with E-state index in [-0.39, 0.29) is 11.9 Å². The number of nitrogens with zero attached hydrogens (tertiary/aromatic N) is 2. The maximum absolute atomic E-state index is 12.2. The Morgan fingerprint density at radius 1 is 1.26 bits per heavy atom. The van der Waals surface area contributed by atoms with Gasteiger partial charge in [-0.15, -0.1) is 0 Å². The molecule has 0 unspecified atom stereocenters. The van der Waals surface area contributed by atoms with E-state index in [2.05, 4.69) is 16.7 Å². The van der Waals surface area contributed by atoms with E-state index in [0.717, 1.165) is 31.7 Å². The largest absolute Gasteiger partial charge is 0.378 e. The fourth-order valence-corrected chi connectivity index (χ4v) is 2.66. The van der Waals surface area contributed by atoms with Crippen LogP contribution in [0.15, 0.2) is 24.3 Å². The van der Waals surface area contributed by atoms with Gasteiger partial charge in [-0.2, -0.15) is 0 Å². The van der Waals surface area contributed by atoms with E-state index >= 15 is 0 Å². The van der Waals surface area contributed by atoms with Crippen molar-refractivity contribution in [3.05, 3.63) is 35.4 Å².